The molecule has 0 atom stereocenters. The van der Waals surface area contributed by atoms with E-state index in [4.69, 9.17) is 0 Å². The highest BCUT2D eigenvalue weighted by Gasteiger charge is 2.24. The Labute approximate surface area is 149 Å². The Balaban J connectivity index is 1.35. The molecule has 3 amide bonds. The van der Waals surface area contributed by atoms with Crippen LogP contribution in [-0.2, 0) is 11.3 Å². The van der Waals surface area contributed by atoms with Gasteiger partial charge in [0.15, 0.2) is 0 Å². The summed E-state index contributed by atoms with van der Waals surface area (Å²) in [4.78, 5) is 30.6. The first-order chi connectivity index (χ1) is 12.2. The number of hydrogen-bond acceptors (Lipinski definition) is 3. The van der Waals surface area contributed by atoms with E-state index in [0.717, 1.165) is 25.2 Å². The summed E-state index contributed by atoms with van der Waals surface area (Å²) in [6.07, 6.45) is 3.11. The van der Waals surface area contributed by atoms with Crippen LogP contribution in [0.25, 0.3) is 0 Å². The smallest absolute Gasteiger partial charge is 0.317 e. The molecule has 0 radical (unpaired) electrons. The molecule has 2 heterocycles. The summed E-state index contributed by atoms with van der Waals surface area (Å²) in [5, 5.41) is 2.95. The van der Waals surface area contributed by atoms with Gasteiger partial charge in [0.25, 0.3) is 0 Å². The summed E-state index contributed by atoms with van der Waals surface area (Å²) >= 11 is 0. The number of amides is 3. The van der Waals surface area contributed by atoms with Gasteiger partial charge in [-0.15, -0.1) is 0 Å². The molecule has 6 heteroatoms. The highest BCUT2D eigenvalue weighted by molar-refractivity contribution is 5.77. The third-order valence-electron chi connectivity index (χ3n) is 5.05. The van der Waals surface area contributed by atoms with Gasteiger partial charge < -0.3 is 20.0 Å². The summed E-state index contributed by atoms with van der Waals surface area (Å²) < 4.78 is 0. The third kappa shape index (κ3) is 5.19. The number of carbonyl (C=O) groups excluding carboxylic acids is 2. The topological polar surface area (TPSA) is 55.9 Å². The molecular formula is C19H28N4O2. The standard InChI is InChI=1S/C19H28N4O2/c24-18(8-11-21-9-4-5-10-21)22-12-14-23(15-13-22)19(25)20-16-17-6-2-1-3-7-17/h1-3,6-7H,4-5,8-16H2,(H,20,25). The number of carbonyl (C=O) groups is 2. The van der Waals surface area contributed by atoms with Crippen LogP contribution in [0, 0.1) is 0 Å². The van der Waals surface area contributed by atoms with Crippen molar-refractivity contribution in [3.63, 3.8) is 0 Å². The zero-order valence-electron chi connectivity index (χ0n) is 14.8. The number of likely N-dealkylation sites (tertiary alicyclic amines) is 1. The van der Waals surface area contributed by atoms with Crippen molar-refractivity contribution in [3.05, 3.63) is 35.9 Å². The van der Waals surface area contributed by atoms with Crippen molar-refractivity contribution >= 4 is 11.9 Å². The van der Waals surface area contributed by atoms with E-state index in [1.54, 1.807) is 4.90 Å². The maximum Gasteiger partial charge on any atom is 0.317 e. The molecule has 0 aromatic heterocycles. The van der Waals surface area contributed by atoms with Crippen LogP contribution in [0.4, 0.5) is 4.79 Å². The Bertz CT molecular complexity index is 564. The van der Waals surface area contributed by atoms with Crippen LogP contribution in [-0.4, -0.2) is 72.5 Å². The van der Waals surface area contributed by atoms with E-state index in [1.807, 2.05) is 35.2 Å². The van der Waals surface area contributed by atoms with Gasteiger partial charge in [0, 0.05) is 45.7 Å². The number of nitrogens with zero attached hydrogens (tertiary/aromatic N) is 3. The molecule has 2 aliphatic heterocycles. The van der Waals surface area contributed by atoms with E-state index in [2.05, 4.69) is 10.2 Å². The van der Waals surface area contributed by atoms with Crippen LogP contribution in [0.5, 0.6) is 0 Å². The fraction of sp³-hybridized carbons (Fsp3) is 0.579. The van der Waals surface area contributed by atoms with E-state index < -0.39 is 0 Å². The Hall–Kier alpha value is -2.08. The highest BCUT2D eigenvalue weighted by Crippen LogP contribution is 2.10. The monoisotopic (exact) mass is 344 g/mol. The van der Waals surface area contributed by atoms with E-state index >= 15 is 0 Å². The Morgan fingerprint density at radius 2 is 1.52 bits per heavy atom. The van der Waals surface area contributed by atoms with Gasteiger partial charge in [0.2, 0.25) is 5.91 Å². The van der Waals surface area contributed by atoms with Gasteiger partial charge in [-0.1, -0.05) is 30.3 Å². The highest BCUT2D eigenvalue weighted by atomic mass is 16.2. The molecular weight excluding hydrogens is 316 g/mol. The summed E-state index contributed by atoms with van der Waals surface area (Å²) in [5.41, 5.74) is 1.09. The van der Waals surface area contributed by atoms with Gasteiger partial charge in [-0.3, -0.25) is 4.79 Å². The van der Waals surface area contributed by atoms with Crippen LogP contribution in [0.15, 0.2) is 30.3 Å². The lowest BCUT2D eigenvalue weighted by Gasteiger charge is -2.35. The molecule has 2 saturated heterocycles. The lowest BCUT2D eigenvalue weighted by atomic mass is 10.2. The predicted molar refractivity (Wildman–Crippen MR) is 97.1 cm³/mol. The molecule has 25 heavy (non-hydrogen) atoms. The van der Waals surface area contributed by atoms with Crippen LogP contribution >= 0.6 is 0 Å². The zero-order chi connectivity index (χ0) is 17.5. The Morgan fingerprint density at radius 1 is 0.880 bits per heavy atom. The van der Waals surface area contributed by atoms with E-state index in [1.165, 1.54) is 12.8 Å². The molecule has 1 aromatic rings. The summed E-state index contributed by atoms with van der Waals surface area (Å²) in [6.45, 7) is 6.15. The number of hydrogen-bond donors (Lipinski definition) is 1. The van der Waals surface area contributed by atoms with Crippen LogP contribution < -0.4 is 5.32 Å². The van der Waals surface area contributed by atoms with Crippen molar-refractivity contribution in [1.29, 1.82) is 0 Å². The number of piperazine rings is 1. The molecule has 6 nitrogen and oxygen atoms in total. The zero-order valence-corrected chi connectivity index (χ0v) is 14.8. The minimum Gasteiger partial charge on any atom is -0.339 e. The molecule has 2 aliphatic rings. The minimum absolute atomic E-state index is 0.0481. The fourth-order valence-electron chi connectivity index (χ4n) is 3.46. The van der Waals surface area contributed by atoms with Crippen molar-refractivity contribution in [1.82, 2.24) is 20.0 Å². The predicted octanol–water partition coefficient (Wildman–Crippen LogP) is 1.53. The fourth-order valence-corrected chi connectivity index (χ4v) is 3.46. The molecule has 3 rings (SSSR count). The van der Waals surface area contributed by atoms with Gasteiger partial charge in [-0.2, -0.15) is 0 Å². The molecule has 0 aliphatic carbocycles. The van der Waals surface area contributed by atoms with Crippen molar-refractivity contribution in [2.45, 2.75) is 25.8 Å². The molecule has 0 bridgehead atoms. The van der Waals surface area contributed by atoms with Crippen molar-refractivity contribution in [3.8, 4) is 0 Å². The van der Waals surface area contributed by atoms with Crippen LogP contribution in [0.1, 0.15) is 24.8 Å². The second-order valence-corrected chi connectivity index (χ2v) is 6.81. The van der Waals surface area contributed by atoms with Crippen molar-refractivity contribution < 1.29 is 9.59 Å². The van der Waals surface area contributed by atoms with Crippen molar-refractivity contribution in [2.24, 2.45) is 0 Å². The molecule has 0 spiro atoms. The molecule has 1 aromatic carbocycles. The average molecular weight is 344 g/mol. The van der Waals surface area contributed by atoms with Gasteiger partial charge >= 0.3 is 6.03 Å². The number of rotatable bonds is 5. The normalized spacial score (nSPS) is 18.4. The molecule has 136 valence electrons. The first kappa shape index (κ1) is 17.7. The number of urea groups is 1. The van der Waals surface area contributed by atoms with Crippen LogP contribution in [0.2, 0.25) is 0 Å². The Kier molecular flexibility index (Phi) is 6.28. The quantitative estimate of drug-likeness (QED) is 0.881. The second kappa shape index (κ2) is 8.85. The lowest BCUT2D eigenvalue weighted by Crippen LogP contribution is -2.53. The van der Waals surface area contributed by atoms with E-state index in [-0.39, 0.29) is 11.9 Å². The summed E-state index contributed by atoms with van der Waals surface area (Å²) in [7, 11) is 0. The molecule has 2 fully saturated rings. The minimum atomic E-state index is -0.0481. The van der Waals surface area contributed by atoms with Gasteiger partial charge in [-0.05, 0) is 31.5 Å². The lowest BCUT2D eigenvalue weighted by molar-refractivity contribution is -0.132. The molecule has 1 N–H and O–H groups in total. The molecule has 0 saturated carbocycles. The van der Waals surface area contributed by atoms with E-state index in [9.17, 15) is 9.59 Å². The first-order valence-electron chi connectivity index (χ1n) is 9.29. The second-order valence-electron chi connectivity index (χ2n) is 6.81. The summed E-state index contributed by atoms with van der Waals surface area (Å²) in [5.74, 6) is 0.219. The first-order valence-corrected chi connectivity index (χ1v) is 9.29. The average Bonchev–Trinajstić information content (AvgIpc) is 3.19. The van der Waals surface area contributed by atoms with Gasteiger partial charge in [0.05, 0.1) is 0 Å². The maximum absolute atomic E-state index is 12.3. The third-order valence-corrected chi connectivity index (χ3v) is 5.05. The Morgan fingerprint density at radius 3 is 2.20 bits per heavy atom. The summed E-state index contributed by atoms with van der Waals surface area (Å²) in [6, 6.07) is 9.84. The van der Waals surface area contributed by atoms with Gasteiger partial charge in [-0.25, -0.2) is 4.79 Å². The van der Waals surface area contributed by atoms with Crippen molar-refractivity contribution in [2.75, 3.05) is 45.8 Å². The maximum atomic E-state index is 12.3. The van der Waals surface area contributed by atoms with Crippen LogP contribution in [0.3, 0.4) is 0 Å². The largest absolute Gasteiger partial charge is 0.339 e. The molecule has 0 unspecified atom stereocenters. The number of benzene rings is 1. The number of nitrogens with one attached hydrogen (secondary N) is 1. The SMILES string of the molecule is O=C(CCN1CCCC1)N1CCN(C(=O)NCc2ccccc2)CC1. The van der Waals surface area contributed by atoms with Gasteiger partial charge in [0.1, 0.15) is 0 Å². The van der Waals surface area contributed by atoms with E-state index in [0.29, 0.717) is 39.1 Å².